The molecule has 0 fully saturated rings. The Balaban J connectivity index is 2.14. The van der Waals surface area contributed by atoms with Gasteiger partial charge in [0.2, 0.25) is 0 Å². The number of nitrogens with zero attached hydrogens (tertiary/aromatic N) is 2. The van der Waals surface area contributed by atoms with E-state index in [0.717, 1.165) is 17.8 Å². The summed E-state index contributed by atoms with van der Waals surface area (Å²) in [5.74, 6) is 1.22. The van der Waals surface area contributed by atoms with Gasteiger partial charge in [0, 0.05) is 37.8 Å². The van der Waals surface area contributed by atoms with Crippen molar-refractivity contribution < 1.29 is 4.79 Å². The number of ketones is 1. The highest BCUT2D eigenvalue weighted by Gasteiger charge is 2.04. The summed E-state index contributed by atoms with van der Waals surface area (Å²) in [6.07, 6.45) is 5.08. The summed E-state index contributed by atoms with van der Waals surface area (Å²) in [6, 6.07) is 7.78. The van der Waals surface area contributed by atoms with Gasteiger partial charge in [0.25, 0.3) is 0 Å². The third-order valence-corrected chi connectivity index (χ3v) is 2.88. The summed E-state index contributed by atoms with van der Waals surface area (Å²) in [6.45, 7) is 1.88. The van der Waals surface area contributed by atoms with Crippen molar-refractivity contribution in [3.05, 3.63) is 53.6 Å². The van der Waals surface area contributed by atoms with Crippen LogP contribution in [0.5, 0.6) is 0 Å². The zero-order valence-corrected chi connectivity index (χ0v) is 10.2. The molecule has 1 aromatic carbocycles. The van der Waals surface area contributed by atoms with Crippen LogP contribution >= 0.6 is 0 Å². The van der Waals surface area contributed by atoms with Gasteiger partial charge in [0.05, 0.1) is 0 Å². The molecule has 0 aliphatic heterocycles. The summed E-state index contributed by atoms with van der Waals surface area (Å²) in [5.41, 5.74) is 1.96. The van der Waals surface area contributed by atoms with E-state index < -0.39 is 0 Å². The average molecular weight is 228 g/mol. The lowest BCUT2D eigenvalue weighted by Crippen LogP contribution is -2.00. The highest BCUT2D eigenvalue weighted by molar-refractivity contribution is 5.95. The number of aryl methyl sites for hydroxylation is 1. The molecule has 0 amide bonds. The molecule has 0 N–H and O–H groups in total. The van der Waals surface area contributed by atoms with Gasteiger partial charge in [-0.2, -0.15) is 0 Å². The van der Waals surface area contributed by atoms with Crippen LogP contribution in [0.1, 0.15) is 35.1 Å². The van der Waals surface area contributed by atoms with Gasteiger partial charge in [-0.15, -0.1) is 0 Å². The van der Waals surface area contributed by atoms with E-state index in [0.29, 0.717) is 6.42 Å². The molecule has 3 nitrogen and oxygen atoms in total. The van der Waals surface area contributed by atoms with Crippen molar-refractivity contribution in [2.24, 2.45) is 7.05 Å². The van der Waals surface area contributed by atoms with Crippen LogP contribution in [-0.2, 0) is 13.5 Å². The van der Waals surface area contributed by atoms with Gasteiger partial charge < -0.3 is 4.57 Å². The van der Waals surface area contributed by atoms with Gasteiger partial charge in [-0.05, 0) is 5.56 Å². The van der Waals surface area contributed by atoms with Crippen LogP contribution in [0, 0.1) is 0 Å². The monoisotopic (exact) mass is 228 g/mol. The number of carbonyl (C=O) groups is 1. The van der Waals surface area contributed by atoms with Crippen LogP contribution in [0.15, 0.2) is 36.7 Å². The van der Waals surface area contributed by atoms with Gasteiger partial charge in [0.1, 0.15) is 5.82 Å². The Morgan fingerprint density at radius 1 is 1.29 bits per heavy atom. The predicted octanol–water partition coefficient (Wildman–Crippen LogP) is 2.60. The maximum absolute atomic E-state index is 11.5. The fourth-order valence-electron chi connectivity index (χ4n) is 1.76. The average Bonchev–Trinajstić information content (AvgIpc) is 2.75. The Morgan fingerprint density at radius 2 is 2.00 bits per heavy atom. The largest absolute Gasteiger partial charge is 0.338 e. The van der Waals surface area contributed by atoms with Crippen LogP contribution in [0.25, 0.3) is 0 Å². The van der Waals surface area contributed by atoms with Crippen LogP contribution in [0.4, 0.5) is 0 Å². The summed E-state index contributed by atoms with van der Waals surface area (Å²) in [4.78, 5) is 15.8. The van der Waals surface area contributed by atoms with Crippen molar-refractivity contribution in [2.75, 3.05) is 0 Å². The van der Waals surface area contributed by atoms with Crippen LogP contribution in [0.2, 0.25) is 0 Å². The molecule has 17 heavy (non-hydrogen) atoms. The molecule has 1 heterocycles. The quantitative estimate of drug-likeness (QED) is 0.754. The van der Waals surface area contributed by atoms with Crippen molar-refractivity contribution in [3.63, 3.8) is 0 Å². The van der Waals surface area contributed by atoms with E-state index in [2.05, 4.69) is 4.98 Å². The molecule has 0 atom stereocenters. The minimum atomic E-state index is 0.188. The Bertz CT molecular complexity index is 511. The molecule has 3 heteroatoms. The molecule has 1 aromatic heterocycles. The maximum Gasteiger partial charge on any atom is 0.162 e. The number of carbonyl (C=O) groups excluding carboxylic acids is 1. The molecule has 0 radical (unpaired) electrons. The van der Waals surface area contributed by atoms with Crippen molar-refractivity contribution in [2.45, 2.75) is 19.8 Å². The first-order valence-corrected chi connectivity index (χ1v) is 5.79. The lowest BCUT2D eigenvalue weighted by molar-refractivity contribution is 0.0988. The van der Waals surface area contributed by atoms with Gasteiger partial charge >= 0.3 is 0 Å². The highest BCUT2D eigenvalue weighted by atomic mass is 16.1. The zero-order chi connectivity index (χ0) is 12.3. The van der Waals surface area contributed by atoms with Crippen LogP contribution < -0.4 is 0 Å². The second kappa shape index (κ2) is 4.95. The third kappa shape index (κ3) is 2.61. The molecule has 0 aliphatic rings. The lowest BCUT2D eigenvalue weighted by atomic mass is 10.0. The minimum absolute atomic E-state index is 0.188. The molecular formula is C14H16N2O. The fraction of sp³-hybridized carbons (Fsp3) is 0.286. The van der Waals surface area contributed by atoms with E-state index in [1.165, 1.54) is 5.56 Å². The number of aromatic nitrogens is 2. The fourth-order valence-corrected chi connectivity index (χ4v) is 1.76. The Hall–Kier alpha value is -1.90. The first kappa shape index (κ1) is 11.6. The Morgan fingerprint density at radius 3 is 2.53 bits per heavy atom. The van der Waals surface area contributed by atoms with E-state index >= 15 is 0 Å². The van der Waals surface area contributed by atoms with E-state index in [-0.39, 0.29) is 5.78 Å². The maximum atomic E-state index is 11.5. The summed E-state index contributed by atoms with van der Waals surface area (Å²) < 4.78 is 2.01. The number of Topliss-reactive ketones (excluding diaryl/α,β-unsaturated/α-hetero) is 1. The minimum Gasteiger partial charge on any atom is -0.338 e. The van der Waals surface area contributed by atoms with Crippen molar-refractivity contribution in [1.82, 2.24) is 9.55 Å². The lowest BCUT2D eigenvalue weighted by Gasteiger charge is -2.03. The first-order valence-electron chi connectivity index (χ1n) is 5.79. The van der Waals surface area contributed by atoms with Crippen LogP contribution in [-0.4, -0.2) is 15.3 Å². The number of hydrogen-bond donors (Lipinski definition) is 0. The van der Waals surface area contributed by atoms with Gasteiger partial charge in [-0.3, -0.25) is 4.79 Å². The molecule has 0 unspecified atom stereocenters. The number of imidazole rings is 1. The third-order valence-electron chi connectivity index (χ3n) is 2.88. The summed E-state index contributed by atoms with van der Waals surface area (Å²) in [5, 5.41) is 0. The number of hydrogen-bond acceptors (Lipinski definition) is 2. The molecule has 0 spiro atoms. The highest BCUT2D eigenvalue weighted by Crippen LogP contribution is 2.10. The first-order chi connectivity index (χ1) is 8.20. The molecule has 88 valence electrons. The molecular weight excluding hydrogens is 212 g/mol. The zero-order valence-electron chi connectivity index (χ0n) is 10.2. The Kier molecular flexibility index (Phi) is 3.38. The van der Waals surface area contributed by atoms with Crippen LogP contribution in [0.3, 0.4) is 0 Å². The normalized spacial score (nSPS) is 10.5. The molecule has 2 aromatic rings. The van der Waals surface area contributed by atoms with Crippen molar-refractivity contribution in [3.8, 4) is 0 Å². The molecule has 0 aliphatic carbocycles. The molecule has 0 bridgehead atoms. The van der Waals surface area contributed by atoms with Crippen molar-refractivity contribution >= 4 is 5.78 Å². The number of rotatable bonds is 4. The van der Waals surface area contributed by atoms with Gasteiger partial charge in [0.15, 0.2) is 5.78 Å². The van der Waals surface area contributed by atoms with E-state index in [4.69, 9.17) is 0 Å². The van der Waals surface area contributed by atoms with E-state index in [1.807, 2.05) is 49.0 Å². The molecule has 0 saturated carbocycles. The second-order valence-electron chi connectivity index (χ2n) is 4.10. The molecule has 0 saturated heterocycles. The smallest absolute Gasteiger partial charge is 0.162 e. The standard InChI is InChI=1S/C14H16N2O/c1-3-13(17)12-6-4-11(5-7-12)10-14-15-8-9-16(14)2/h4-9H,3,10H2,1-2H3. The Labute approximate surface area is 101 Å². The van der Waals surface area contributed by atoms with Gasteiger partial charge in [-0.25, -0.2) is 4.98 Å². The van der Waals surface area contributed by atoms with E-state index in [9.17, 15) is 4.79 Å². The van der Waals surface area contributed by atoms with Crippen molar-refractivity contribution in [1.29, 1.82) is 0 Å². The van der Waals surface area contributed by atoms with E-state index in [1.54, 1.807) is 6.20 Å². The summed E-state index contributed by atoms with van der Waals surface area (Å²) >= 11 is 0. The second-order valence-corrected chi connectivity index (χ2v) is 4.10. The number of benzene rings is 1. The SMILES string of the molecule is CCC(=O)c1ccc(Cc2nccn2C)cc1. The topological polar surface area (TPSA) is 34.9 Å². The predicted molar refractivity (Wildman–Crippen MR) is 67.1 cm³/mol. The van der Waals surface area contributed by atoms with Gasteiger partial charge in [-0.1, -0.05) is 31.2 Å². The molecule has 2 rings (SSSR count). The summed E-state index contributed by atoms with van der Waals surface area (Å²) in [7, 11) is 1.98.